The maximum atomic E-state index is 13.8. The summed E-state index contributed by atoms with van der Waals surface area (Å²) in [5.74, 6) is -0.221. The Morgan fingerprint density at radius 1 is 1.25 bits per heavy atom. The zero-order valence-corrected chi connectivity index (χ0v) is 19.2. The molecule has 2 heterocycles. The number of rotatable bonds is 7. The van der Waals surface area contributed by atoms with Crippen LogP contribution in [0.4, 0.5) is 10.2 Å². The molecule has 0 bridgehead atoms. The van der Waals surface area contributed by atoms with Crippen molar-refractivity contribution in [3.63, 3.8) is 0 Å². The molecule has 0 saturated heterocycles. The summed E-state index contributed by atoms with van der Waals surface area (Å²) >= 11 is 9.33. The molecule has 0 unspecified atom stereocenters. The van der Waals surface area contributed by atoms with Gasteiger partial charge < -0.3 is 14.6 Å². The van der Waals surface area contributed by atoms with Crippen molar-refractivity contribution >= 4 is 39.3 Å². The van der Waals surface area contributed by atoms with Crippen molar-refractivity contribution in [3.05, 3.63) is 92.6 Å². The summed E-state index contributed by atoms with van der Waals surface area (Å²) in [6.07, 6.45) is 1.75. The molecular formula is C22H17BrClFN4O3. The Kier molecular flexibility index (Phi) is 6.57. The van der Waals surface area contributed by atoms with Crippen LogP contribution in [0.15, 0.2) is 63.7 Å². The summed E-state index contributed by atoms with van der Waals surface area (Å²) in [4.78, 5) is 12.8. The molecule has 0 atom stereocenters. The van der Waals surface area contributed by atoms with E-state index in [1.54, 1.807) is 42.1 Å². The van der Waals surface area contributed by atoms with Gasteiger partial charge in [-0.25, -0.2) is 4.39 Å². The first-order valence-corrected chi connectivity index (χ1v) is 10.7. The molecule has 1 amide bonds. The van der Waals surface area contributed by atoms with Gasteiger partial charge in [-0.15, -0.1) is 0 Å². The van der Waals surface area contributed by atoms with Crippen molar-refractivity contribution in [2.24, 2.45) is 0 Å². The van der Waals surface area contributed by atoms with E-state index in [1.807, 2.05) is 12.1 Å². The van der Waals surface area contributed by atoms with E-state index in [4.69, 9.17) is 20.9 Å². The third-order valence-electron chi connectivity index (χ3n) is 4.62. The maximum absolute atomic E-state index is 13.8. The fourth-order valence-corrected chi connectivity index (χ4v) is 3.50. The van der Waals surface area contributed by atoms with Crippen LogP contribution in [-0.4, -0.2) is 20.8 Å². The lowest BCUT2D eigenvalue weighted by molar-refractivity contribution is 0.101. The van der Waals surface area contributed by atoms with E-state index in [2.05, 4.69) is 31.5 Å². The predicted molar refractivity (Wildman–Crippen MR) is 120 cm³/mol. The van der Waals surface area contributed by atoms with Gasteiger partial charge in [0.2, 0.25) is 0 Å². The number of benzene rings is 2. The highest BCUT2D eigenvalue weighted by molar-refractivity contribution is 9.10. The van der Waals surface area contributed by atoms with E-state index in [9.17, 15) is 9.18 Å². The van der Waals surface area contributed by atoms with Crippen LogP contribution in [0.25, 0.3) is 0 Å². The lowest BCUT2D eigenvalue weighted by Gasteiger charge is -2.07. The first kappa shape index (κ1) is 22.0. The second-order valence-corrected chi connectivity index (χ2v) is 8.18. The number of carbonyl (C=O) groups is 1. The maximum Gasteiger partial charge on any atom is 0.279 e. The minimum atomic E-state index is -0.522. The number of hydrogen-bond donors (Lipinski definition) is 1. The van der Waals surface area contributed by atoms with Crippen LogP contribution in [-0.2, 0) is 13.2 Å². The van der Waals surface area contributed by atoms with E-state index in [1.165, 1.54) is 12.1 Å². The molecule has 4 aromatic rings. The Morgan fingerprint density at radius 2 is 2.00 bits per heavy atom. The Balaban J connectivity index is 1.47. The van der Waals surface area contributed by atoms with Crippen molar-refractivity contribution < 1.29 is 18.4 Å². The van der Waals surface area contributed by atoms with Crippen LogP contribution >= 0.6 is 27.5 Å². The highest BCUT2D eigenvalue weighted by Gasteiger charge is 2.22. The second kappa shape index (κ2) is 9.54. The van der Waals surface area contributed by atoms with Gasteiger partial charge in [0.15, 0.2) is 23.1 Å². The first-order chi connectivity index (χ1) is 15.4. The van der Waals surface area contributed by atoms with Gasteiger partial charge >= 0.3 is 0 Å². The average molecular weight is 520 g/mol. The minimum Gasteiger partial charge on any atom is -0.486 e. The zero-order valence-electron chi connectivity index (χ0n) is 16.8. The van der Waals surface area contributed by atoms with Gasteiger partial charge in [-0.2, -0.15) is 5.10 Å². The number of nitrogens with zero attached hydrogens (tertiary/aromatic N) is 3. The molecule has 2 aromatic carbocycles. The van der Waals surface area contributed by atoms with E-state index < -0.39 is 11.7 Å². The number of halogens is 3. The summed E-state index contributed by atoms with van der Waals surface area (Å²) in [6, 6.07) is 13.4. The number of hydrogen-bond acceptors (Lipinski definition) is 5. The van der Waals surface area contributed by atoms with E-state index >= 15 is 0 Å². The largest absolute Gasteiger partial charge is 0.486 e. The molecule has 0 radical (unpaired) electrons. The summed E-state index contributed by atoms with van der Waals surface area (Å²) in [7, 11) is 0. The Labute approximate surface area is 196 Å². The molecule has 0 spiro atoms. The number of amides is 1. The Morgan fingerprint density at radius 3 is 2.75 bits per heavy atom. The molecule has 4 rings (SSSR count). The molecule has 10 heteroatoms. The summed E-state index contributed by atoms with van der Waals surface area (Å²) in [5.41, 5.74) is 1.46. The average Bonchev–Trinajstić information content (AvgIpc) is 3.31. The summed E-state index contributed by atoms with van der Waals surface area (Å²) in [6.45, 7) is 2.07. The molecule has 2 aromatic heterocycles. The third kappa shape index (κ3) is 5.00. The topological polar surface area (TPSA) is 82.2 Å². The monoisotopic (exact) mass is 518 g/mol. The molecule has 32 heavy (non-hydrogen) atoms. The van der Waals surface area contributed by atoms with E-state index in [0.29, 0.717) is 33.2 Å². The standard InChI is InChI=1S/C22H17BrClFN4O3/c1-13-16(12-31-19-5-3-2-4-18(19)25)20(28-32-13)22(30)26-21-17(23)11-29(27-21)10-14-6-8-15(24)9-7-14/h2-9,11H,10,12H2,1H3,(H,26,27,30). The first-order valence-electron chi connectivity index (χ1n) is 9.52. The lowest BCUT2D eigenvalue weighted by Crippen LogP contribution is -2.16. The molecular weight excluding hydrogens is 503 g/mol. The van der Waals surface area contributed by atoms with Crippen LogP contribution < -0.4 is 10.1 Å². The number of carbonyl (C=O) groups excluding carboxylic acids is 1. The number of anilines is 1. The highest BCUT2D eigenvalue weighted by Crippen LogP contribution is 2.24. The second-order valence-electron chi connectivity index (χ2n) is 6.89. The molecule has 7 nitrogen and oxygen atoms in total. The van der Waals surface area contributed by atoms with Crippen molar-refractivity contribution in [2.75, 3.05) is 5.32 Å². The molecule has 0 fully saturated rings. The van der Waals surface area contributed by atoms with E-state index in [0.717, 1.165) is 5.56 Å². The quantitative estimate of drug-likeness (QED) is 0.343. The van der Waals surface area contributed by atoms with Crippen molar-refractivity contribution in [1.82, 2.24) is 14.9 Å². The molecule has 164 valence electrons. The Bertz CT molecular complexity index is 1260. The summed E-state index contributed by atoms with van der Waals surface area (Å²) in [5, 5.41) is 11.6. The number of aromatic nitrogens is 3. The molecule has 0 aliphatic carbocycles. The molecule has 0 aliphatic rings. The minimum absolute atomic E-state index is 0.0398. The molecule has 0 aliphatic heterocycles. The number of nitrogens with one attached hydrogen (secondary N) is 1. The zero-order chi connectivity index (χ0) is 22.7. The SMILES string of the molecule is Cc1onc(C(=O)Nc2nn(Cc3ccc(Cl)cc3)cc2Br)c1COc1ccccc1F. The van der Waals surface area contributed by atoms with Crippen LogP contribution in [0.3, 0.4) is 0 Å². The lowest BCUT2D eigenvalue weighted by atomic mass is 10.2. The number of aryl methyl sites for hydroxylation is 1. The van der Waals surface area contributed by atoms with Crippen LogP contribution in [0.5, 0.6) is 5.75 Å². The van der Waals surface area contributed by atoms with Gasteiger partial charge in [0.25, 0.3) is 5.91 Å². The smallest absolute Gasteiger partial charge is 0.279 e. The van der Waals surface area contributed by atoms with Gasteiger partial charge in [0.1, 0.15) is 12.4 Å². The van der Waals surface area contributed by atoms with Gasteiger partial charge in [0, 0.05) is 11.2 Å². The summed E-state index contributed by atoms with van der Waals surface area (Å²) < 4.78 is 26.8. The van der Waals surface area contributed by atoms with Crippen molar-refractivity contribution in [3.8, 4) is 5.75 Å². The highest BCUT2D eigenvalue weighted by atomic mass is 79.9. The Hall–Kier alpha value is -3.17. The molecule has 0 saturated carbocycles. The third-order valence-corrected chi connectivity index (χ3v) is 5.45. The normalized spacial score (nSPS) is 10.9. The number of para-hydroxylation sites is 1. The van der Waals surface area contributed by atoms with E-state index in [-0.39, 0.29) is 18.1 Å². The van der Waals surface area contributed by atoms with Gasteiger partial charge in [-0.1, -0.05) is 41.0 Å². The molecule has 1 N–H and O–H groups in total. The van der Waals surface area contributed by atoms with Gasteiger partial charge in [-0.3, -0.25) is 9.48 Å². The van der Waals surface area contributed by atoms with Crippen molar-refractivity contribution in [2.45, 2.75) is 20.1 Å². The van der Waals surface area contributed by atoms with Crippen molar-refractivity contribution in [1.29, 1.82) is 0 Å². The van der Waals surface area contributed by atoms with Gasteiger partial charge in [-0.05, 0) is 52.7 Å². The van der Waals surface area contributed by atoms with Crippen LogP contribution in [0, 0.1) is 12.7 Å². The predicted octanol–water partition coefficient (Wildman–Crippen LogP) is 5.61. The fraction of sp³-hybridized carbons (Fsp3) is 0.136. The van der Waals surface area contributed by atoms with Crippen LogP contribution in [0.1, 0.15) is 27.4 Å². The van der Waals surface area contributed by atoms with Crippen LogP contribution in [0.2, 0.25) is 5.02 Å². The fourth-order valence-electron chi connectivity index (χ4n) is 2.96. The number of ether oxygens (including phenoxy) is 1. The van der Waals surface area contributed by atoms with Gasteiger partial charge in [0.05, 0.1) is 16.6 Å².